The molecule has 1 heterocycles. The van der Waals surface area contributed by atoms with Crippen molar-refractivity contribution >= 4 is 46.9 Å². The van der Waals surface area contributed by atoms with Crippen molar-refractivity contribution in [2.45, 2.75) is 19.4 Å². The minimum atomic E-state index is -2.23. The Kier molecular flexibility index (Phi) is 3.73. The van der Waals surface area contributed by atoms with Gasteiger partial charge in [0.2, 0.25) is 0 Å². The number of amides is 2. The highest BCUT2D eigenvalue weighted by molar-refractivity contribution is 6.35. The number of carbonyl (C=O) groups is 3. The van der Waals surface area contributed by atoms with Gasteiger partial charge >= 0.3 is 23.6 Å². The largest absolute Gasteiger partial charge is 0.530 e. The molecule has 0 bridgehead atoms. The number of ether oxygens (including phenoxy) is 1. The van der Waals surface area contributed by atoms with Crippen LogP contribution in [0.1, 0.15) is 13.8 Å². The van der Waals surface area contributed by atoms with Gasteiger partial charge in [-0.1, -0.05) is 23.2 Å². The number of likely N-dealkylation sites (N-methyl/N-ethyl adjacent to an activating group) is 1. The second-order valence-corrected chi connectivity index (χ2v) is 5.64. The van der Waals surface area contributed by atoms with Crippen molar-refractivity contribution in [3.63, 3.8) is 0 Å². The first-order valence-electron chi connectivity index (χ1n) is 6.05. The van der Waals surface area contributed by atoms with Gasteiger partial charge in [0.05, 0.1) is 6.54 Å². The Morgan fingerprint density at radius 3 is 2.19 bits per heavy atom. The van der Waals surface area contributed by atoms with Crippen LogP contribution in [0.4, 0.5) is 10.5 Å². The van der Waals surface area contributed by atoms with E-state index in [4.69, 9.17) is 27.9 Å². The van der Waals surface area contributed by atoms with Crippen molar-refractivity contribution in [1.29, 1.82) is 0 Å². The number of hydrogen-bond donors (Lipinski definition) is 1. The number of cyclic esters (lactones) is 1. The van der Waals surface area contributed by atoms with E-state index in [1.54, 1.807) is 6.92 Å². The number of benzene rings is 1. The quantitative estimate of drug-likeness (QED) is 0.679. The third-order valence-electron chi connectivity index (χ3n) is 3.53. The number of imide groups is 1. The maximum Gasteiger partial charge on any atom is 0.530 e. The fourth-order valence-electron chi connectivity index (χ4n) is 2.32. The number of carboxylic acid groups (broad SMARTS) is 1. The summed E-state index contributed by atoms with van der Waals surface area (Å²) in [6.45, 7) is 2.61. The second-order valence-electron chi connectivity index (χ2n) is 4.77. The average Bonchev–Trinajstić information content (AvgIpc) is 2.58. The van der Waals surface area contributed by atoms with E-state index in [1.807, 2.05) is 0 Å². The highest BCUT2D eigenvalue weighted by Gasteiger charge is 2.69. The predicted octanol–water partition coefficient (Wildman–Crippen LogP) is 2.84. The fourth-order valence-corrected chi connectivity index (χ4v) is 2.83. The topological polar surface area (TPSA) is 80.7 Å². The molecule has 0 aromatic heterocycles. The second kappa shape index (κ2) is 4.98. The van der Waals surface area contributed by atoms with E-state index in [2.05, 4.69) is 0 Å². The lowest BCUT2D eigenvalue weighted by atomic mass is 10.0. The number of carbonyl (C=O) groups excluding carboxylic acids is 2. The number of quaternary nitrogens is 1. The molecule has 0 radical (unpaired) electrons. The molecule has 1 aliphatic heterocycles. The molecule has 1 N–H and O–H groups in total. The van der Waals surface area contributed by atoms with Crippen LogP contribution in [0.15, 0.2) is 18.2 Å². The van der Waals surface area contributed by atoms with E-state index < -0.39 is 28.1 Å². The molecule has 0 aliphatic carbocycles. The van der Waals surface area contributed by atoms with Gasteiger partial charge in [0.25, 0.3) is 0 Å². The first-order chi connectivity index (χ1) is 9.68. The molecule has 8 heteroatoms. The first-order valence-corrected chi connectivity index (χ1v) is 6.80. The van der Waals surface area contributed by atoms with Gasteiger partial charge in [-0.2, -0.15) is 4.79 Å². The molecule has 2 unspecified atom stereocenters. The van der Waals surface area contributed by atoms with Crippen LogP contribution in [-0.4, -0.2) is 35.2 Å². The summed E-state index contributed by atoms with van der Waals surface area (Å²) < 4.78 is 3.96. The highest BCUT2D eigenvalue weighted by Crippen LogP contribution is 2.39. The van der Waals surface area contributed by atoms with Crippen LogP contribution in [-0.2, 0) is 14.3 Å². The van der Waals surface area contributed by atoms with Gasteiger partial charge in [-0.05, 0) is 13.0 Å². The predicted molar refractivity (Wildman–Crippen MR) is 76.3 cm³/mol. The van der Waals surface area contributed by atoms with Crippen LogP contribution in [0.3, 0.4) is 0 Å². The van der Waals surface area contributed by atoms with Crippen LogP contribution in [0, 0.1) is 0 Å². The van der Waals surface area contributed by atoms with Gasteiger partial charge in [-0.3, -0.25) is 0 Å². The Balaban J connectivity index is 2.69. The van der Waals surface area contributed by atoms with Crippen LogP contribution in [0.2, 0.25) is 10.0 Å². The van der Waals surface area contributed by atoms with Gasteiger partial charge in [0.15, 0.2) is 5.69 Å². The molecule has 1 aromatic carbocycles. The first kappa shape index (κ1) is 15.8. The number of rotatable bonds is 3. The van der Waals surface area contributed by atoms with E-state index in [0.29, 0.717) is 0 Å². The van der Waals surface area contributed by atoms with Gasteiger partial charge in [-0.15, -0.1) is 4.48 Å². The molecule has 1 fully saturated rings. The zero-order valence-electron chi connectivity index (χ0n) is 11.2. The monoisotopic (exact) mass is 332 g/mol. The average molecular weight is 333 g/mol. The van der Waals surface area contributed by atoms with E-state index in [9.17, 15) is 19.5 Å². The molecule has 1 aliphatic rings. The summed E-state index contributed by atoms with van der Waals surface area (Å²) in [7, 11) is 0. The van der Waals surface area contributed by atoms with Crippen LogP contribution in [0.25, 0.3) is 0 Å². The highest BCUT2D eigenvalue weighted by atomic mass is 35.5. The number of carboxylic acids is 1. The molecule has 1 saturated heterocycles. The van der Waals surface area contributed by atoms with Gasteiger partial charge in [0, 0.05) is 29.1 Å². The van der Waals surface area contributed by atoms with Crippen LogP contribution < -0.4 is 4.48 Å². The molecule has 0 saturated carbocycles. The molecular formula is C13H12Cl2NO5+. The number of aliphatic carboxylic acids is 1. The summed E-state index contributed by atoms with van der Waals surface area (Å²) in [4.78, 5) is 36.2. The van der Waals surface area contributed by atoms with E-state index in [0.717, 1.165) is 6.92 Å². The maximum atomic E-state index is 12.6. The molecule has 6 nitrogen and oxygen atoms in total. The smallest absolute Gasteiger partial charge is 0.478 e. The zero-order chi connectivity index (χ0) is 16.0. The van der Waals surface area contributed by atoms with Crippen LogP contribution >= 0.6 is 23.2 Å². The molecule has 2 atom stereocenters. The Hall–Kier alpha value is -1.63. The van der Waals surface area contributed by atoms with Gasteiger partial charge in [0.1, 0.15) is 0 Å². The Bertz CT molecular complexity index is 642. The third-order valence-corrected chi connectivity index (χ3v) is 3.96. The number of nitrogens with zero attached hydrogens (tertiary/aromatic N) is 1. The number of halogens is 2. The minimum absolute atomic E-state index is 0.0167. The Morgan fingerprint density at radius 2 is 1.81 bits per heavy atom. The van der Waals surface area contributed by atoms with Crippen molar-refractivity contribution in [3.8, 4) is 0 Å². The molecule has 2 rings (SSSR count). The van der Waals surface area contributed by atoms with E-state index >= 15 is 0 Å². The summed E-state index contributed by atoms with van der Waals surface area (Å²) in [5.41, 5.74) is -2.06. The lowest BCUT2D eigenvalue weighted by Crippen LogP contribution is -2.58. The standard InChI is InChI=1S/C13H11Cl2NO5/c1-3-16(9-5-7(14)4-8(15)6-9)10(17)13(2,11(18)19)21-12(16)20/h4-6H,3H2,1-2H3/p+1. The van der Waals surface area contributed by atoms with Crippen molar-refractivity contribution in [2.24, 2.45) is 0 Å². The molecular weight excluding hydrogens is 321 g/mol. The normalized spacial score (nSPS) is 28.6. The van der Waals surface area contributed by atoms with Crippen LogP contribution in [0.5, 0.6) is 0 Å². The zero-order valence-corrected chi connectivity index (χ0v) is 12.7. The Morgan fingerprint density at radius 1 is 1.29 bits per heavy atom. The molecule has 1 aromatic rings. The SMILES string of the molecule is CC[N+]1(c2cc(Cl)cc(Cl)c2)C(=O)OC(C)(C(=O)O)C1=O. The Labute approximate surface area is 130 Å². The molecule has 0 spiro atoms. The summed E-state index contributed by atoms with van der Waals surface area (Å²) in [6, 6.07) is 4.23. The summed E-state index contributed by atoms with van der Waals surface area (Å²) >= 11 is 11.8. The number of hydrogen-bond acceptors (Lipinski definition) is 4. The van der Waals surface area contributed by atoms with E-state index in [-0.39, 0.29) is 22.3 Å². The lowest BCUT2D eigenvalue weighted by molar-refractivity contribution is -0.160. The van der Waals surface area contributed by atoms with Crippen molar-refractivity contribution in [3.05, 3.63) is 28.2 Å². The summed E-state index contributed by atoms with van der Waals surface area (Å²) in [6.07, 6.45) is -0.967. The van der Waals surface area contributed by atoms with E-state index in [1.165, 1.54) is 18.2 Å². The van der Waals surface area contributed by atoms with Crippen molar-refractivity contribution in [2.75, 3.05) is 6.54 Å². The summed E-state index contributed by atoms with van der Waals surface area (Å²) in [5.74, 6) is -2.41. The lowest BCUT2D eigenvalue weighted by Gasteiger charge is -2.24. The molecule has 2 amide bonds. The molecule has 112 valence electrons. The van der Waals surface area contributed by atoms with Crippen molar-refractivity contribution in [1.82, 2.24) is 4.48 Å². The maximum absolute atomic E-state index is 12.6. The van der Waals surface area contributed by atoms with Gasteiger partial charge in [-0.25, -0.2) is 9.59 Å². The van der Waals surface area contributed by atoms with Crippen molar-refractivity contribution < 1.29 is 24.2 Å². The fraction of sp³-hybridized carbons (Fsp3) is 0.308. The van der Waals surface area contributed by atoms with Gasteiger partial charge < -0.3 is 9.84 Å². The third kappa shape index (κ3) is 2.10. The molecule has 21 heavy (non-hydrogen) atoms. The summed E-state index contributed by atoms with van der Waals surface area (Å²) in [5, 5.41) is 9.64. The minimum Gasteiger partial charge on any atom is -0.478 e.